The molecule has 0 bridgehead atoms. The predicted molar refractivity (Wildman–Crippen MR) is 116 cm³/mol. The first-order valence-corrected chi connectivity index (χ1v) is 10.3. The summed E-state index contributed by atoms with van der Waals surface area (Å²) in [5.41, 5.74) is 3.15. The van der Waals surface area contributed by atoms with Crippen molar-refractivity contribution >= 4 is 34.6 Å². The van der Waals surface area contributed by atoms with Crippen molar-refractivity contribution < 1.29 is 24.5 Å². The SMILES string of the molecule is CCOC(=O)N1CCc2ccc3c(C(=O)O)c(O)c(Cc4ccc(Cl)cc4)nc3c2C1. The summed E-state index contributed by atoms with van der Waals surface area (Å²) in [7, 11) is 0. The molecular weight excluding hydrogens is 420 g/mol. The summed E-state index contributed by atoms with van der Waals surface area (Å²) < 4.78 is 5.12. The fourth-order valence-corrected chi connectivity index (χ4v) is 4.04. The Morgan fingerprint density at radius 1 is 1.19 bits per heavy atom. The lowest BCUT2D eigenvalue weighted by Crippen LogP contribution is -2.36. The van der Waals surface area contributed by atoms with Crippen molar-refractivity contribution in [3.8, 4) is 5.75 Å². The lowest BCUT2D eigenvalue weighted by atomic mass is 9.93. The third-order valence-electron chi connectivity index (χ3n) is 5.43. The summed E-state index contributed by atoms with van der Waals surface area (Å²) in [4.78, 5) is 30.5. The first-order chi connectivity index (χ1) is 14.9. The number of halogens is 1. The standard InChI is InChI=1S/C23H21ClN2O5/c1-2-31-23(30)26-10-9-14-5-8-16-19(22(28)29)21(27)18(25-20(16)17(14)12-26)11-13-3-6-15(24)7-4-13/h3-8,27H,2,9-12H2,1H3,(H,28,29). The highest BCUT2D eigenvalue weighted by Gasteiger charge is 2.27. The molecule has 2 aromatic carbocycles. The van der Waals surface area contributed by atoms with Crippen LogP contribution < -0.4 is 0 Å². The molecule has 0 atom stereocenters. The van der Waals surface area contributed by atoms with Crippen LogP contribution in [-0.2, 0) is 24.1 Å². The van der Waals surface area contributed by atoms with Crippen molar-refractivity contribution in [2.45, 2.75) is 26.3 Å². The summed E-state index contributed by atoms with van der Waals surface area (Å²) in [6, 6.07) is 10.6. The second-order valence-electron chi connectivity index (χ2n) is 7.36. The molecule has 0 saturated carbocycles. The Kier molecular flexibility index (Phi) is 5.69. The van der Waals surface area contributed by atoms with Gasteiger partial charge in [-0.2, -0.15) is 0 Å². The van der Waals surface area contributed by atoms with Crippen molar-refractivity contribution in [3.05, 3.63) is 69.4 Å². The molecule has 0 unspecified atom stereocenters. The van der Waals surface area contributed by atoms with Gasteiger partial charge in [0, 0.05) is 28.9 Å². The monoisotopic (exact) mass is 440 g/mol. The summed E-state index contributed by atoms with van der Waals surface area (Å²) >= 11 is 5.95. The number of aromatic carboxylic acids is 1. The van der Waals surface area contributed by atoms with E-state index in [-0.39, 0.29) is 36.6 Å². The van der Waals surface area contributed by atoms with Crippen LogP contribution >= 0.6 is 11.6 Å². The van der Waals surface area contributed by atoms with Crippen LogP contribution in [-0.4, -0.2) is 45.3 Å². The Hall–Kier alpha value is -3.32. The molecule has 2 heterocycles. The number of rotatable bonds is 4. The largest absolute Gasteiger partial charge is 0.505 e. The Morgan fingerprint density at radius 3 is 2.61 bits per heavy atom. The van der Waals surface area contributed by atoms with Gasteiger partial charge in [-0.15, -0.1) is 0 Å². The molecule has 0 aliphatic carbocycles. The van der Waals surface area contributed by atoms with Gasteiger partial charge in [-0.05, 0) is 36.6 Å². The van der Waals surface area contributed by atoms with Gasteiger partial charge >= 0.3 is 12.1 Å². The zero-order valence-corrected chi connectivity index (χ0v) is 17.6. The van der Waals surface area contributed by atoms with Crippen molar-refractivity contribution in [1.29, 1.82) is 0 Å². The summed E-state index contributed by atoms with van der Waals surface area (Å²) in [6.07, 6.45) is 0.440. The zero-order valence-electron chi connectivity index (χ0n) is 16.9. The molecule has 4 rings (SSSR count). The van der Waals surface area contributed by atoms with E-state index in [1.165, 1.54) is 0 Å². The lowest BCUT2D eigenvalue weighted by molar-refractivity contribution is 0.0695. The smallest absolute Gasteiger partial charge is 0.410 e. The quantitative estimate of drug-likeness (QED) is 0.623. The molecule has 7 nitrogen and oxygen atoms in total. The minimum Gasteiger partial charge on any atom is -0.505 e. The van der Waals surface area contributed by atoms with E-state index in [4.69, 9.17) is 16.3 Å². The maximum absolute atomic E-state index is 12.2. The van der Waals surface area contributed by atoms with Crippen LogP contribution in [0.15, 0.2) is 36.4 Å². The summed E-state index contributed by atoms with van der Waals surface area (Å²) in [6.45, 7) is 2.80. The number of carboxylic acid groups (broad SMARTS) is 1. The van der Waals surface area contributed by atoms with Gasteiger partial charge in [0.15, 0.2) is 5.75 Å². The van der Waals surface area contributed by atoms with E-state index in [2.05, 4.69) is 4.98 Å². The fraction of sp³-hybridized carbons (Fsp3) is 0.261. The Labute approximate surface area is 183 Å². The molecule has 0 spiro atoms. The number of ether oxygens (including phenoxy) is 1. The number of amides is 1. The van der Waals surface area contributed by atoms with Crippen LogP contribution in [0.1, 0.15) is 39.7 Å². The number of carboxylic acids is 1. The number of pyridine rings is 1. The van der Waals surface area contributed by atoms with E-state index in [0.29, 0.717) is 28.9 Å². The lowest BCUT2D eigenvalue weighted by Gasteiger charge is -2.29. The van der Waals surface area contributed by atoms with Gasteiger partial charge in [0.1, 0.15) is 5.56 Å². The third-order valence-corrected chi connectivity index (χ3v) is 5.68. The van der Waals surface area contributed by atoms with Crippen LogP contribution in [0.25, 0.3) is 10.9 Å². The van der Waals surface area contributed by atoms with Gasteiger partial charge < -0.3 is 19.8 Å². The molecular formula is C23H21ClN2O5. The third kappa shape index (κ3) is 4.01. The molecule has 2 N–H and O–H groups in total. The van der Waals surface area contributed by atoms with Gasteiger partial charge in [0.05, 0.1) is 24.4 Å². The fourth-order valence-electron chi connectivity index (χ4n) is 3.91. The minimum atomic E-state index is -1.24. The highest BCUT2D eigenvalue weighted by molar-refractivity contribution is 6.30. The van der Waals surface area contributed by atoms with Crippen LogP contribution in [0.2, 0.25) is 5.02 Å². The van der Waals surface area contributed by atoms with E-state index >= 15 is 0 Å². The van der Waals surface area contributed by atoms with E-state index in [9.17, 15) is 19.8 Å². The summed E-state index contributed by atoms with van der Waals surface area (Å²) in [5.74, 6) is -1.59. The maximum atomic E-state index is 12.2. The van der Waals surface area contributed by atoms with Crippen molar-refractivity contribution in [3.63, 3.8) is 0 Å². The molecule has 0 radical (unpaired) electrons. The molecule has 31 heavy (non-hydrogen) atoms. The van der Waals surface area contributed by atoms with Crippen molar-refractivity contribution in [2.24, 2.45) is 0 Å². The van der Waals surface area contributed by atoms with Gasteiger partial charge in [0.25, 0.3) is 0 Å². The molecule has 0 fully saturated rings. The average Bonchev–Trinajstić information content (AvgIpc) is 2.75. The number of fused-ring (bicyclic) bond motifs is 3. The highest BCUT2D eigenvalue weighted by Crippen LogP contribution is 2.35. The maximum Gasteiger partial charge on any atom is 0.410 e. The molecule has 8 heteroatoms. The number of aromatic hydroxyl groups is 1. The highest BCUT2D eigenvalue weighted by atomic mass is 35.5. The second kappa shape index (κ2) is 8.43. The van der Waals surface area contributed by atoms with E-state index < -0.39 is 12.1 Å². The van der Waals surface area contributed by atoms with E-state index in [1.54, 1.807) is 42.2 Å². The molecule has 1 aliphatic rings. The van der Waals surface area contributed by atoms with Gasteiger partial charge in [-0.25, -0.2) is 14.6 Å². The van der Waals surface area contributed by atoms with Gasteiger partial charge in [-0.1, -0.05) is 35.9 Å². The number of carbonyl (C=O) groups is 2. The Morgan fingerprint density at radius 2 is 1.94 bits per heavy atom. The normalized spacial score (nSPS) is 13.2. The first kappa shape index (κ1) is 20.9. The second-order valence-corrected chi connectivity index (χ2v) is 7.80. The molecule has 3 aromatic rings. The van der Waals surface area contributed by atoms with Crippen LogP contribution in [0.4, 0.5) is 4.79 Å². The van der Waals surface area contributed by atoms with Crippen LogP contribution in [0.3, 0.4) is 0 Å². The topological polar surface area (TPSA) is 100.0 Å². The van der Waals surface area contributed by atoms with Gasteiger partial charge in [0.2, 0.25) is 0 Å². The number of nitrogens with zero attached hydrogens (tertiary/aromatic N) is 2. The molecule has 1 aromatic heterocycles. The number of hydrogen-bond donors (Lipinski definition) is 2. The van der Waals surface area contributed by atoms with Gasteiger partial charge in [-0.3, -0.25) is 0 Å². The molecule has 1 aliphatic heterocycles. The number of hydrogen-bond acceptors (Lipinski definition) is 5. The predicted octanol–water partition coefficient (Wildman–Crippen LogP) is 4.40. The Balaban J connectivity index is 1.85. The summed E-state index contributed by atoms with van der Waals surface area (Å²) in [5, 5.41) is 21.5. The van der Waals surface area contributed by atoms with Crippen molar-refractivity contribution in [1.82, 2.24) is 9.88 Å². The Bertz CT molecular complexity index is 1180. The molecule has 160 valence electrons. The zero-order chi connectivity index (χ0) is 22.1. The number of benzene rings is 2. The number of aromatic nitrogens is 1. The van der Waals surface area contributed by atoms with Crippen LogP contribution in [0.5, 0.6) is 5.75 Å². The van der Waals surface area contributed by atoms with E-state index in [0.717, 1.165) is 16.7 Å². The first-order valence-electron chi connectivity index (χ1n) is 9.94. The van der Waals surface area contributed by atoms with E-state index in [1.807, 2.05) is 6.07 Å². The molecule has 1 amide bonds. The minimum absolute atomic E-state index is 0.190. The average molecular weight is 441 g/mol. The number of carbonyl (C=O) groups excluding carboxylic acids is 1. The van der Waals surface area contributed by atoms with Crippen LogP contribution in [0, 0.1) is 0 Å². The molecule has 0 saturated heterocycles. The van der Waals surface area contributed by atoms with Crippen molar-refractivity contribution in [2.75, 3.05) is 13.2 Å².